The van der Waals surface area contributed by atoms with Crippen LogP contribution in [-0.4, -0.2) is 71.8 Å². The molecule has 12 heteroatoms. The monoisotopic (exact) mass is 592 g/mol. The zero-order valence-corrected chi connectivity index (χ0v) is 25.3. The molecule has 43 heavy (non-hydrogen) atoms. The average molecular weight is 593 g/mol. The number of aliphatic carboxylic acids is 1. The van der Waals surface area contributed by atoms with Crippen LogP contribution in [0.25, 0.3) is 16.9 Å². The lowest BCUT2D eigenvalue weighted by atomic mass is 9.91. The van der Waals surface area contributed by atoms with Gasteiger partial charge < -0.3 is 24.0 Å². The molecular formula is C31H37FN6O5. The summed E-state index contributed by atoms with van der Waals surface area (Å²) >= 11 is 0. The Kier molecular flexibility index (Phi) is 8.24. The predicted molar refractivity (Wildman–Crippen MR) is 157 cm³/mol. The Balaban J connectivity index is 1.65. The molecule has 0 saturated heterocycles. The van der Waals surface area contributed by atoms with Crippen LogP contribution in [0.4, 0.5) is 4.39 Å². The summed E-state index contributed by atoms with van der Waals surface area (Å²) in [5.74, 6) is -1.87. The molecule has 3 aromatic heterocycles. The van der Waals surface area contributed by atoms with E-state index in [0.29, 0.717) is 55.1 Å². The summed E-state index contributed by atoms with van der Waals surface area (Å²) in [6, 6.07) is 2.92. The molecule has 0 bridgehead atoms. The second kappa shape index (κ2) is 11.8. The van der Waals surface area contributed by atoms with Crippen molar-refractivity contribution in [2.45, 2.75) is 72.1 Å². The molecule has 5 rings (SSSR count). The summed E-state index contributed by atoms with van der Waals surface area (Å²) in [5.41, 5.74) is 2.47. The highest BCUT2D eigenvalue weighted by atomic mass is 19.1. The number of carboxylic acid groups (broad SMARTS) is 1. The van der Waals surface area contributed by atoms with Crippen molar-refractivity contribution < 1.29 is 28.6 Å². The number of fused-ring (bicyclic) bond motifs is 2. The molecule has 228 valence electrons. The Morgan fingerprint density at radius 3 is 2.70 bits per heavy atom. The third kappa shape index (κ3) is 6.10. The summed E-state index contributed by atoms with van der Waals surface area (Å²) in [6.45, 7) is 10.4. The number of aryl methyl sites for hydroxylation is 2. The van der Waals surface area contributed by atoms with Gasteiger partial charge in [0.1, 0.15) is 0 Å². The zero-order valence-electron chi connectivity index (χ0n) is 25.3. The van der Waals surface area contributed by atoms with Gasteiger partial charge in [-0.1, -0.05) is 0 Å². The number of halogens is 1. The summed E-state index contributed by atoms with van der Waals surface area (Å²) in [6.07, 6.45) is 5.91. The highest BCUT2D eigenvalue weighted by Gasteiger charge is 2.35. The van der Waals surface area contributed by atoms with Crippen LogP contribution >= 0.6 is 0 Å². The fraction of sp³-hybridized carbons (Fsp3) is 0.452. The van der Waals surface area contributed by atoms with E-state index in [0.717, 1.165) is 17.5 Å². The zero-order chi connectivity index (χ0) is 31.1. The van der Waals surface area contributed by atoms with Gasteiger partial charge in [-0.15, -0.1) is 0 Å². The number of hydrogen-bond acceptors (Lipinski definition) is 7. The van der Waals surface area contributed by atoms with Crippen LogP contribution in [0.15, 0.2) is 30.9 Å². The van der Waals surface area contributed by atoms with Gasteiger partial charge in [0.25, 0.3) is 5.91 Å². The smallest absolute Gasteiger partial charge is 0.337 e. The van der Waals surface area contributed by atoms with E-state index < -0.39 is 23.5 Å². The van der Waals surface area contributed by atoms with Crippen molar-refractivity contribution in [3.8, 4) is 17.0 Å². The predicted octanol–water partition coefficient (Wildman–Crippen LogP) is 4.78. The van der Waals surface area contributed by atoms with Gasteiger partial charge in [-0.25, -0.2) is 23.7 Å². The molecule has 4 aromatic rings. The number of aromatic nitrogens is 5. The van der Waals surface area contributed by atoms with Crippen LogP contribution < -0.4 is 4.74 Å². The van der Waals surface area contributed by atoms with Gasteiger partial charge >= 0.3 is 5.97 Å². The van der Waals surface area contributed by atoms with Crippen LogP contribution in [0, 0.1) is 19.7 Å². The minimum absolute atomic E-state index is 0.137. The first-order valence-electron chi connectivity index (χ1n) is 14.3. The third-order valence-corrected chi connectivity index (χ3v) is 7.51. The number of nitrogens with zero attached hydrogens (tertiary/aromatic N) is 6. The van der Waals surface area contributed by atoms with Crippen LogP contribution in [-0.2, 0) is 22.5 Å². The molecule has 1 aliphatic rings. The van der Waals surface area contributed by atoms with Crippen molar-refractivity contribution in [3.05, 3.63) is 64.7 Å². The summed E-state index contributed by atoms with van der Waals surface area (Å²) < 4.78 is 30.6. The van der Waals surface area contributed by atoms with Crippen LogP contribution in [0.2, 0.25) is 0 Å². The Hall–Kier alpha value is -4.32. The minimum atomic E-state index is -1.43. The molecule has 11 nitrogen and oxygen atoms in total. The molecule has 0 spiro atoms. The van der Waals surface area contributed by atoms with E-state index in [4.69, 9.17) is 9.47 Å². The van der Waals surface area contributed by atoms with Crippen molar-refractivity contribution >= 4 is 17.5 Å². The summed E-state index contributed by atoms with van der Waals surface area (Å²) in [4.78, 5) is 36.4. The average Bonchev–Trinajstić information content (AvgIpc) is 3.62. The van der Waals surface area contributed by atoms with Gasteiger partial charge in [-0.05, 0) is 65.5 Å². The lowest BCUT2D eigenvalue weighted by molar-refractivity contribution is -0.160. The van der Waals surface area contributed by atoms with E-state index in [1.54, 1.807) is 58.2 Å². The van der Waals surface area contributed by atoms with Crippen molar-refractivity contribution in [1.82, 2.24) is 29.0 Å². The lowest BCUT2D eigenvalue weighted by Gasteiger charge is -2.28. The molecule has 1 amide bonds. The van der Waals surface area contributed by atoms with E-state index in [1.807, 2.05) is 17.7 Å². The fourth-order valence-electron chi connectivity index (χ4n) is 5.51. The van der Waals surface area contributed by atoms with E-state index in [-0.39, 0.29) is 22.9 Å². The minimum Gasteiger partial charge on any atom is -0.490 e. The molecule has 0 fully saturated rings. The maximum Gasteiger partial charge on any atom is 0.337 e. The first kappa shape index (κ1) is 30.1. The van der Waals surface area contributed by atoms with Gasteiger partial charge in [0.05, 0.1) is 24.2 Å². The standard InChI is InChI=1S/C31H37FN6O5/c1-18-20-9-7-14-42-27(20)22(32)15-21(18)26-25(28(30(40)41)43-31(3,4)5)19(2)34-24-16-23(35-38(24)26)29(39)36(6)11-8-12-37-13-10-33-17-37/h10,13,15-17,28H,7-9,11-12,14H2,1-6H3,(H,40,41)/t28-/m0/s1. The maximum absolute atomic E-state index is 15.5. The number of carboxylic acids is 1. The van der Waals surface area contributed by atoms with Crippen molar-refractivity contribution in [3.63, 3.8) is 0 Å². The first-order chi connectivity index (χ1) is 20.4. The number of hydrogen-bond donors (Lipinski definition) is 1. The van der Waals surface area contributed by atoms with Gasteiger partial charge in [-0.3, -0.25) is 4.79 Å². The third-order valence-electron chi connectivity index (χ3n) is 7.51. The molecule has 4 heterocycles. The fourth-order valence-corrected chi connectivity index (χ4v) is 5.51. The van der Waals surface area contributed by atoms with Crippen molar-refractivity contribution in [2.24, 2.45) is 0 Å². The van der Waals surface area contributed by atoms with E-state index >= 15 is 4.39 Å². The molecule has 0 unspecified atom stereocenters. The number of imidazole rings is 1. The molecule has 1 aromatic carbocycles. The van der Waals surface area contributed by atoms with Gasteiger partial charge in [0, 0.05) is 61.0 Å². The van der Waals surface area contributed by atoms with E-state index in [1.165, 1.54) is 10.6 Å². The number of carbonyl (C=O) groups is 2. The van der Waals surface area contributed by atoms with Gasteiger partial charge in [0.2, 0.25) is 0 Å². The molecule has 1 atom stereocenters. The van der Waals surface area contributed by atoms with Crippen molar-refractivity contribution in [1.29, 1.82) is 0 Å². The molecule has 1 N–H and O–H groups in total. The van der Waals surface area contributed by atoms with Crippen LogP contribution in [0.1, 0.15) is 72.6 Å². The number of carbonyl (C=O) groups excluding carboxylic acids is 1. The molecule has 0 radical (unpaired) electrons. The highest BCUT2D eigenvalue weighted by molar-refractivity contribution is 5.93. The molecular weight excluding hydrogens is 555 g/mol. The van der Waals surface area contributed by atoms with Crippen LogP contribution in [0.3, 0.4) is 0 Å². The lowest BCUT2D eigenvalue weighted by Crippen LogP contribution is -2.29. The van der Waals surface area contributed by atoms with E-state index in [2.05, 4.69) is 15.1 Å². The summed E-state index contributed by atoms with van der Waals surface area (Å²) in [5, 5.41) is 15.0. The van der Waals surface area contributed by atoms with E-state index in [9.17, 15) is 14.7 Å². The van der Waals surface area contributed by atoms with Gasteiger partial charge in [0.15, 0.2) is 29.0 Å². The Labute approximate surface area is 249 Å². The number of amides is 1. The second-order valence-corrected chi connectivity index (χ2v) is 11.9. The summed E-state index contributed by atoms with van der Waals surface area (Å²) in [7, 11) is 1.70. The van der Waals surface area contributed by atoms with Gasteiger partial charge in [-0.2, -0.15) is 5.10 Å². The quantitative estimate of drug-likeness (QED) is 0.295. The largest absolute Gasteiger partial charge is 0.490 e. The molecule has 0 aliphatic carbocycles. The van der Waals surface area contributed by atoms with Crippen molar-refractivity contribution in [2.75, 3.05) is 20.2 Å². The normalized spacial score (nSPS) is 13.9. The first-order valence-corrected chi connectivity index (χ1v) is 14.3. The second-order valence-electron chi connectivity index (χ2n) is 11.9. The molecule has 0 saturated carbocycles. The van der Waals surface area contributed by atoms with Crippen LogP contribution in [0.5, 0.6) is 5.75 Å². The highest BCUT2D eigenvalue weighted by Crippen LogP contribution is 2.41. The maximum atomic E-state index is 15.5. The Morgan fingerprint density at radius 2 is 2.02 bits per heavy atom. The molecule has 1 aliphatic heterocycles. The Bertz CT molecular complexity index is 1670. The SMILES string of the molecule is Cc1nc2cc(C(=O)N(C)CCCn3ccnc3)nn2c(-c2cc(F)c3c(c2C)CCCO3)c1[C@H](OC(C)(C)C)C(=O)O. The number of rotatable bonds is 9. The number of benzene rings is 1. The number of ether oxygens (including phenoxy) is 2. The Morgan fingerprint density at radius 1 is 1.26 bits per heavy atom. The topological polar surface area (TPSA) is 124 Å².